The van der Waals surface area contributed by atoms with Crippen molar-refractivity contribution >= 4 is 35.0 Å². The summed E-state index contributed by atoms with van der Waals surface area (Å²) in [4.78, 5) is 23.2. The molecule has 0 aliphatic rings. The molecular formula is C23H42MgO4. The van der Waals surface area contributed by atoms with Crippen LogP contribution in [0.2, 0.25) is 0 Å². The van der Waals surface area contributed by atoms with E-state index in [-0.39, 0.29) is 35.9 Å². The summed E-state index contributed by atoms with van der Waals surface area (Å²) < 4.78 is 0. The van der Waals surface area contributed by atoms with Gasteiger partial charge in [0.1, 0.15) is 0 Å². The second-order valence-electron chi connectivity index (χ2n) is 8.11. The van der Waals surface area contributed by atoms with Crippen LogP contribution < -0.4 is 10.2 Å². The summed E-state index contributed by atoms with van der Waals surface area (Å²) in [7, 11) is 0. The Kier molecular flexibility index (Phi) is 21.4. The number of rotatable bonds is 20. The second-order valence-corrected chi connectivity index (χ2v) is 8.11. The molecule has 0 aliphatic carbocycles. The van der Waals surface area contributed by atoms with Crippen LogP contribution in [0.3, 0.4) is 0 Å². The number of carbonyl (C=O) groups is 2. The first-order valence-corrected chi connectivity index (χ1v) is 11.4. The van der Waals surface area contributed by atoms with Gasteiger partial charge in [-0.1, -0.05) is 117 Å². The maximum Gasteiger partial charge on any atom is 2.00 e. The summed E-state index contributed by atoms with van der Waals surface area (Å²) in [6, 6.07) is 0. The van der Waals surface area contributed by atoms with Crippen molar-refractivity contribution in [2.45, 2.75) is 129 Å². The van der Waals surface area contributed by atoms with Crippen molar-refractivity contribution < 1.29 is 19.8 Å². The average molecular weight is 407 g/mol. The first-order valence-electron chi connectivity index (χ1n) is 11.4. The van der Waals surface area contributed by atoms with Gasteiger partial charge in [0.25, 0.3) is 0 Å². The smallest absolute Gasteiger partial charge is 0.549 e. The normalized spacial score (nSPS) is 11.2. The van der Waals surface area contributed by atoms with E-state index in [2.05, 4.69) is 13.8 Å². The van der Waals surface area contributed by atoms with Crippen LogP contribution in [-0.2, 0) is 9.59 Å². The van der Waals surface area contributed by atoms with Crippen molar-refractivity contribution in [2.75, 3.05) is 0 Å². The number of hydrogen-bond donors (Lipinski definition) is 0. The summed E-state index contributed by atoms with van der Waals surface area (Å²) >= 11 is 0. The zero-order valence-electron chi connectivity index (χ0n) is 18.6. The molecule has 160 valence electrons. The third kappa shape index (κ3) is 13.8. The minimum Gasteiger partial charge on any atom is -0.549 e. The molecule has 0 aliphatic heterocycles. The Morgan fingerprint density at radius 2 is 0.786 bits per heavy atom. The molecule has 0 atom stereocenters. The number of carboxylic acids is 2. The van der Waals surface area contributed by atoms with E-state index in [1.54, 1.807) is 0 Å². The predicted octanol–water partition coefficient (Wildman–Crippen LogP) is 4.15. The maximum absolute atomic E-state index is 11.6. The largest absolute Gasteiger partial charge is 2.00 e. The molecule has 0 rings (SSSR count). The van der Waals surface area contributed by atoms with Crippen LogP contribution in [0.25, 0.3) is 0 Å². The van der Waals surface area contributed by atoms with Crippen molar-refractivity contribution in [1.82, 2.24) is 0 Å². The van der Waals surface area contributed by atoms with Gasteiger partial charge in [-0.05, 0) is 12.8 Å². The molecule has 0 saturated heterocycles. The number of unbranched alkanes of at least 4 members (excludes halogenated alkanes) is 14. The molecule has 0 unspecified atom stereocenters. The fraction of sp³-hybridized carbons (Fsp3) is 0.913. The minimum absolute atomic E-state index is 0. The van der Waals surface area contributed by atoms with Gasteiger partial charge in [0.05, 0.1) is 11.9 Å². The summed E-state index contributed by atoms with van der Waals surface area (Å²) in [5.74, 6) is -2.93. The molecule has 0 aromatic rings. The molecule has 4 nitrogen and oxygen atoms in total. The summed E-state index contributed by atoms with van der Waals surface area (Å²) in [6.07, 6.45) is 17.6. The number of carbonyl (C=O) groups excluding carboxylic acids is 2. The van der Waals surface area contributed by atoms with E-state index in [9.17, 15) is 19.8 Å². The third-order valence-electron chi connectivity index (χ3n) is 5.70. The standard InChI is InChI=1S/C23H44O4.Mg/c1-3-5-7-9-11-12-13-14-16-18-20-23(21(24)25,22(26)27)19-17-15-10-8-6-4-2;/h3-20H2,1-2H3,(H,24,25)(H,26,27);/q;+2/p-2. The molecule has 0 fully saturated rings. The third-order valence-corrected chi connectivity index (χ3v) is 5.70. The van der Waals surface area contributed by atoms with Gasteiger partial charge in [0.2, 0.25) is 0 Å². The van der Waals surface area contributed by atoms with Crippen LogP contribution in [0, 0.1) is 5.41 Å². The van der Waals surface area contributed by atoms with Crippen LogP contribution >= 0.6 is 0 Å². The Bertz CT molecular complexity index is 371. The van der Waals surface area contributed by atoms with Crippen molar-refractivity contribution in [3.63, 3.8) is 0 Å². The van der Waals surface area contributed by atoms with Crippen LogP contribution in [-0.4, -0.2) is 35.0 Å². The molecule has 0 radical (unpaired) electrons. The SMILES string of the molecule is CCCCCCCCCCCCC(CCCCCCCC)(C(=O)[O-])C(=O)[O-].[Mg+2]. The van der Waals surface area contributed by atoms with E-state index >= 15 is 0 Å². The maximum atomic E-state index is 11.6. The Morgan fingerprint density at radius 3 is 1.04 bits per heavy atom. The zero-order chi connectivity index (χ0) is 20.4. The van der Waals surface area contributed by atoms with E-state index < -0.39 is 17.4 Å². The molecule has 0 heterocycles. The summed E-state index contributed by atoms with van der Waals surface area (Å²) in [5, 5.41) is 23.2. The topological polar surface area (TPSA) is 80.3 Å². The molecule has 5 heteroatoms. The fourth-order valence-electron chi connectivity index (χ4n) is 3.74. The zero-order valence-corrected chi connectivity index (χ0v) is 20.0. The number of hydrogen-bond acceptors (Lipinski definition) is 4. The predicted molar refractivity (Wildman–Crippen MR) is 113 cm³/mol. The fourth-order valence-corrected chi connectivity index (χ4v) is 3.74. The van der Waals surface area contributed by atoms with Crippen LogP contribution in [0.1, 0.15) is 129 Å². The van der Waals surface area contributed by atoms with Crippen molar-refractivity contribution in [3.05, 3.63) is 0 Å². The van der Waals surface area contributed by atoms with E-state index in [1.807, 2.05) is 0 Å². The van der Waals surface area contributed by atoms with Crippen LogP contribution in [0.5, 0.6) is 0 Å². The van der Waals surface area contributed by atoms with Crippen LogP contribution in [0.15, 0.2) is 0 Å². The van der Waals surface area contributed by atoms with Gasteiger partial charge >= 0.3 is 23.1 Å². The Balaban J connectivity index is 0. The van der Waals surface area contributed by atoms with Gasteiger partial charge in [-0.2, -0.15) is 0 Å². The average Bonchev–Trinajstić information content (AvgIpc) is 2.63. The molecule has 0 bridgehead atoms. The van der Waals surface area contributed by atoms with Gasteiger partial charge in [0.15, 0.2) is 0 Å². The molecule has 0 N–H and O–H groups in total. The van der Waals surface area contributed by atoms with E-state index in [4.69, 9.17) is 0 Å². The Hall–Kier alpha value is -0.294. The van der Waals surface area contributed by atoms with E-state index in [0.717, 1.165) is 44.9 Å². The van der Waals surface area contributed by atoms with Crippen LogP contribution in [0.4, 0.5) is 0 Å². The van der Waals surface area contributed by atoms with Gasteiger partial charge in [-0.3, -0.25) is 0 Å². The molecular weight excluding hydrogens is 365 g/mol. The molecule has 0 aromatic carbocycles. The molecule has 0 amide bonds. The van der Waals surface area contributed by atoms with Gasteiger partial charge in [0, 0.05) is 5.41 Å². The van der Waals surface area contributed by atoms with Crippen molar-refractivity contribution in [1.29, 1.82) is 0 Å². The van der Waals surface area contributed by atoms with Crippen molar-refractivity contribution in [2.24, 2.45) is 5.41 Å². The Labute approximate surface area is 189 Å². The van der Waals surface area contributed by atoms with Crippen molar-refractivity contribution in [3.8, 4) is 0 Å². The monoisotopic (exact) mass is 406 g/mol. The molecule has 28 heavy (non-hydrogen) atoms. The number of aliphatic carboxylic acids is 2. The van der Waals surface area contributed by atoms with Gasteiger partial charge in [-0.25, -0.2) is 0 Å². The molecule has 0 spiro atoms. The Morgan fingerprint density at radius 1 is 0.536 bits per heavy atom. The summed E-state index contributed by atoms with van der Waals surface area (Å²) in [5.41, 5.74) is -1.80. The first-order chi connectivity index (χ1) is 13.0. The first kappa shape index (κ1) is 29.9. The molecule has 0 aromatic heterocycles. The van der Waals surface area contributed by atoms with E-state index in [1.165, 1.54) is 44.9 Å². The van der Waals surface area contributed by atoms with Gasteiger partial charge in [-0.15, -0.1) is 0 Å². The minimum atomic E-state index is -1.80. The number of carboxylic acid groups (broad SMARTS) is 2. The second kappa shape index (κ2) is 20.0. The summed E-state index contributed by atoms with van der Waals surface area (Å²) in [6.45, 7) is 4.36. The quantitative estimate of drug-likeness (QED) is 0.173. The molecule has 0 saturated carbocycles. The van der Waals surface area contributed by atoms with E-state index in [0.29, 0.717) is 12.8 Å². The van der Waals surface area contributed by atoms with Gasteiger partial charge < -0.3 is 19.8 Å².